The summed E-state index contributed by atoms with van der Waals surface area (Å²) in [7, 11) is 5.36. The number of hydrogen-bond acceptors (Lipinski definition) is 4. The Hall–Kier alpha value is -2.28. The van der Waals surface area contributed by atoms with Crippen LogP contribution < -0.4 is 10.6 Å². The molecule has 25 heavy (non-hydrogen) atoms. The molecular weight excluding hydrogens is 320 g/mol. The van der Waals surface area contributed by atoms with E-state index in [1.807, 2.05) is 32.3 Å². The molecule has 7 nitrogen and oxygen atoms in total. The molecule has 0 radical (unpaired) electrons. The van der Waals surface area contributed by atoms with Crippen molar-refractivity contribution in [1.82, 2.24) is 20.4 Å². The fraction of sp³-hybridized carbons (Fsp3) is 0.556. The zero-order valence-electron chi connectivity index (χ0n) is 15.2. The van der Waals surface area contributed by atoms with Gasteiger partial charge in [-0.2, -0.15) is 0 Å². The third-order valence-electron chi connectivity index (χ3n) is 4.45. The number of carbonyl (C=O) groups excluding carboxylic acids is 2. The van der Waals surface area contributed by atoms with Gasteiger partial charge < -0.3 is 25.2 Å². The Morgan fingerprint density at radius 1 is 1.32 bits per heavy atom. The molecule has 0 saturated carbocycles. The van der Waals surface area contributed by atoms with Crippen molar-refractivity contribution < 1.29 is 14.3 Å². The Morgan fingerprint density at radius 2 is 2.04 bits per heavy atom. The number of hydrogen-bond donors (Lipinski definition) is 2. The molecule has 1 aromatic carbocycles. The SMILES string of the molecule is COC(=O)N1CCCC(NC(=O)NCC(c2ccccc2)N(C)C)C1. The average molecular weight is 348 g/mol. The molecule has 1 saturated heterocycles. The smallest absolute Gasteiger partial charge is 0.409 e. The van der Waals surface area contributed by atoms with Crippen LogP contribution in [0, 0.1) is 0 Å². The van der Waals surface area contributed by atoms with Crippen molar-refractivity contribution in [3.05, 3.63) is 35.9 Å². The van der Waals surface area contributed by atoms with Gasteiger partial charge in [-0.25, -0.2) is 9.59 Å². The van der Waals surface area contributed by atoms with Gasteiger partial charge in [0.2, 0.25) is 0 Å². The first-order valence-electron chi connectivity index (χ1n) is 8.60. The minimum Gasteiger partial charge on any atom is -0.453 e. The summed E-state index contributed by atoms with van der Waals surface area (Å²) in [6, 6.07) is 9.92. The Labute approximate surface area is 149 Å². The zero-order chi connectivity index (χ0) is 18.2. The highest BCUT2D eigenvalue weighted by molar-refractivity contribution is 5.74. The number of carbonyl (C=O) groups is 2. The first-order valence-corrected chi connectivity index (χ1v) is 8.60. The predicted molar refractivity (Wildman–Crippen MR) is 96.4 cm³/mol. The molecule has 3 amide bonds. The molecule has 7 heteroatoms. The standard InChI is InChI=1S/C18H28N4O3/c1-21(2)16(14-8-5-4-6-9-14)12-19-17(23)20-15-10-7-11-22(13-15)18(24)25-3/h4-6,8-9,15-16H,7,10-13H2,1-3H3,(H2,19,20,23). The average Bonchev–Trinajstić information content (AvgIpc) is 2.62. The van der Waals surface area contributed by atoms with Crippen molar-refractivity contribution in [3.8, 4) is 0 Å². The number of benzene rings is 1. The lowest BCUT2D eigenvalue weighted by molar-refractivity contribution is 0.108. The molecule has 0 aromatic heterocycles. The van der Waals surface area contributed by atoms with E-state index in [1.165, 1.54) is 7.11 Å². The highest BCUT2D eigenvalue weighted by Crippen LogP contribution is 2.16. The third kappa shape index (κ3) is 5.63. The van der Waals surface area contributed by atoms with Gasteiger partial charge in [0.1, 0.15) is 0 Å². The molecule has 0 aliphatic carbocycles. The van der Waals surface area contributed by atoms with Crippen LogP contribution in [0.1, 0.15) is 24.4 Å². The lowest BCUT2D eigenvalue weighted by Crippen LogP contribution is -2.52. The Morgan fingerprint density at radius 3 is 2.68 bits per heavy atom. The van der Waals surface area contributed by atoms with Gasteiger partial charge in [-0.3, -0.25) is 0 Å². The first-order chi connectivity index (χ1) is 12.0. The van der Waals surface area contributed by atoms with Gasteiger partial charge in [-0.15, -0.1) is 0 Å². The number of nitrogens with one attached hydrogen (secondary N) is 2. The number of urea groups is 1. The van der Waals surface area contributed by atoms with Crippen LogP contribution in [0.5, 0.6) is 0 Å². The van der Waals surface area contributed by atoms with Crippen LogP contribution in [0.4, 0.5) is 9.59 Å². The lowest BCUT2D eigenvalue weighted by atomic mass is 10.1. The van der Waals surface area contributed by atoms with E-state index in [4.69, 9.17) is 4.74 Å². The monoisotopic (exact) mass is 348 g/mol. The molecule has 0 spiro atoms. The second-order valence-electron chi connectivity index (χ2n) is 6.50. The highest BCUT2D eigenvalue weighted by atomic mass is 16.5. The first kappa shape index (κ1) is 19.1. The normalized spacial score (nSPS) is 18.6. The van der Waals surface area contributed by atoms with E-state index in [2.05, 4.69) is 27.7 Å². The molecule has 2 rings (SSSR count). The van der Waals surface area contributed by atoms with Crippen molar-refractivity contribution in [2.45, 2.75) is 24.9 Å². The van der Waals surface area contributed by atoms with Crippen LogP contribution in [0.3, 0.4) is 0 Å². The van der Waals surface area contributed by atoms with E-state index in [0.717, 1.165) is 18.4 Å². The van der Waals surface area contributed by atoms with Crippen molar-refractivity contribution in [2.75, 3.05) is 40.8 Å². The van der Waals surface area contributed by atoms with E-state index >= 15 is 0 Å². The maximum atomic E-state index is 12.2. The van der Waals surface area contributed by atoms with E-state index in [-0.39, 0.29) is 24.2 Å². The molecule has 1 heterocycles. The molecule has 2 N–H and O–H groups in total. The van der Waals surface area contributed by atoms with Gasteiger partial charge in [0, 0.05) is 25.7 Å². The second kappa shape index (κ2) is 9.27. The number of rotatable bonds is 5. The molecule has 1 aromatic rings. The van der Waals surface area contributed by atoms with Gasteiger partial charge in [0.05, 0.1) is 13.2 Å². The number of nitrogens with zero attached hydrogens (tertiary/aromatic N) is 2. The van der Waals surface area contributed by atoms with Crippen LogP contribution in [0.25, 0.3) is 0 Å². The predicted octanol–water partition coefficient (Wildman–Crippen LogP) is 1.82. The highest BCUT2D eigenvalue weighted by Gasteiger charge is 2.25. The number of amides is 3. The second-order valence-corrected chi connectivity index (χ2v) is 6.50. The number of piperidine rings is 1. The molecular formula is C18H28N4O3. The van der Waals surface area contributed by atoms with E-state index < -0.39 is 0 Å². The molecule has 2 atom stereocenters. The molecule has 1 aliphatic heterocycles. The van der Waals surface area contributed by atoms with Crippen molar-refractivity contribution in [2.24, 2.45) is 0 Å². The van der Waals surface area contributed by atoms with Gasteiger partial charge >= 0.3 is 12.1 Å². The van der Waals surface area contributed by atoms with Crippen molar-refractivity contribution >= 4 is 12.1 Å². The Kier molecular flexibility index (Phi) is 7.06. The maximum Gasteiger partial charge on any atom is 0.409 e. The number of ether oxygens (including phenoxy) is 1. The molecule has 2 unspecified atom stereocenters. The summed E-state index contributed by atoms with van der Waals surface area (Å²) in [5, 5.41) is 5.90. The molecule has 0 bridgehead atoms. The lowest BCUT2D eigenvalue weighted by Gasteiger charge is -2.32. The largest absolute Gasteiger partial charge is 0.453 e. The fourth-order valence-electron chi connectivity index (χ4n) is 3.09. The van der Waals surface area contributed by atoms with E-state index in [1.54, 1.807) is 4.90 Å². The fourth-order valence-corrected chi connectivity index (χ4v) is 3.09. The maximum absolute atomic E-state index is 12.2. The van der Waals surface area contributed by atoms with Crippen molar-refractivity contribution in [3.63, 3.8) is 0 Å². The van der Waals surface area contributed by atoms with Gasteiger partial charge in [-0.1, -0.05) is 30.3 Å². The van der Waals surface area contributed by atoms with Crippen LogP contribution in [-0.4, -0.2) is 68.8 Å². The Bertz CT molecular complexity index is 565. The molecule has 138 valence electrons. The van der Waals surface area contributed by atoms with Crippen LogP contribution in [-0.2, 0) is 4.74 Å². The summed E-state index contributed by atoms with van der Waals surface area (Å²) in [6.45, 7) is 1.66. The molecule has 1 fully saturated rings. The van der Waals surface area contributed by atoms with Gasteiger partial charge in [0.15, 0.2) is 0 Å². The van der Waals surface area contributed by atoms with E-state index in [9.17, 15) is 9.59 Å². The third-order valence-corrected chi connectivity index (χ3v) is 4.45. The van der Waals surface area contributed by atoms with Crippen LogP contribution >= 0.6 is 0 Å². The van der Waals surface area contributed by atoms with Gasteiger partial charge in [0.25, 0.3) is 0 Å². The zero-order valence-corrected chi connectivity index (χ0v) is 15.2. The number of likely N-dealkylation sites (N-methyl/N-ethyl adjacent to an activating group) is 1. The number of likely N-dealkylation sites (tertiary alicyclic amines) is 1. The van der Waals surface area contributed by atoms with Crippen LogP contribution in [0.2, 0.25) is 0 Å². The summed E-state index contributed by atoms with van der Waals surface area (Å²) in [5.41, 5.74) is 1.15. The van der Waals surface area contributed by atoms with Gasteiger partial charge in [-0.05, 0) is 32.5 Å². The topological polar surface area (TPSA) is 73.9 Å². The Balaban J connectivity index is 1.84. The minimum absolute atomic E-state index is 0.0534. The summed E-state index contributed by atoms with van der Waals surface area (Å²) >= 11 is 0. The summed E-state index contributed by atoms with van der Waals surface area (Å²) in [5.74, 6) is 0. The van der Waals surface area contributed by atoms with E-state index in [0.29, 0.717) is 19.6 Å². The van der Waals surface area contributed by atoms with Crippen molar-refractivity contribution in [1.29, 1.82) is 0 Å². The summed E-state index contributed by atoms with van der Waals surface area (Å²) in [6.07, 6.45) is 1.37. The number of methoxy groups -OCH3 is 1. The quantitative estimate of drug-likeness (QED) is 0.851. The summed E-state index contributed by atoms with van der Waals surface area (Å²) < 4.78 is 4.75. The summed E-state index contributed by atoms with van der Waals surface area (Å²) in [4.78, 5) is 27.6. The van der Waals surface area contributed by atoms with Crippen LogP contribution in [0.15, 0.2) is 30.3 Å². The minimum atomic E-state index is -0.344. The molecule has 1 aliphatic rings.